The highest BCUT2D eigenvalue weighted by Gasteiger charge is 2.29. The van der Waals surface area contributed by atoms with Gasteiger partial charge in [0.05, 0.1) is 11.3 Å². The van der Waals surface area contributed by atoms with Crippen molar-refractivity contribution in [3.63, 3.8) is 0 Å². The first kappa shape index (κ1) is 20.5. The zero-order valence-electron chi connectivity index (χ0n) is 17.3. The van der Waals surface area contributed by atoms with Gasteiger partial charge in [-0.15, -0.1) is 0 Å². The number of para-hydroxylation sites is 1. The predicted molar refractivity (Wildman–Crippen MR) is 132 cm³/mol. The molecule has 2 aliphatic rings. The molecule has 8 heteroatoms. The Labute approximate surface area is 194 Å². The maximum absolute atomic E-state index is 10.7. The number of hydrogen-bond donors (Lipinski definition) is 2. The Balaban J connectivity index is 1.43. The Morgan fingerprint density at radius 1 is 1.16 bits per heavy atom. The molecular weight excluding hydrogens is 505 g/mol. The molecule has 0 radical (unpaired) electrons. The van der Waals surface area contributed by atoms with Crippen molar-refractivity contribution in [3.05, 3.63) is 57.2 Å². The highest BCUT2D eigenvalue weighted by molar-refractivity contribution is 14.1. The van der Waals surface area contributed by atoms with Crippen molar-refractivity contribution in [1.29, 1.82) is 0 Å². The third-order valence-corrected chi connectivity index (χ3v) is 6.51. The van der Waals surface area contributed by atoms with E-state index in [0.717, 1.165) is 58.4 Å². The molecule has 160 valence electrons. The van der Waals surface area contributed by atoms with E-state index in [1.807, 2.05) is 42.5 Å². The number of oxime groups is 1. The second-order valence-corrected chi connectivity index (χ2v) is 9.18. The van der Waals surface area contributed by atoms with Crippen molar-refractivity contribution in [2.45, 2.75) is 0 Å². The molecule has 1 saturated heterocycles. The average molecular weight is 529 g/mol. The van der Waals surface area contributed by atoms with Crippen molar-refractivity contribution in [3.8, 4) is 5.88 Å². The molecule has 0 spiro atoms. The van der Waals surface area contributed by atoms with Gasteiger partial charge in [-0.2, -0.15) is 0 Å². The Hall–Kier alpha value is -2.43. The fraction of sp³-hybridized carbons (Fsp3) is 0.304. The molecule has 2 aliphatic heterocycles. The van der Waals surface area contributed by atoms with E-state index in [4.69, 9.17) is 9.83 Å². The van der Waals surface area contributed by atoms with Crippen molar-refractivity contribution < 1.29 is 9.94 Å². The number of H-pyrrole nitrogens is 1. The molecule has 0 unspecified atom stereocenters. The van der Waals surface area contributed by atoms with Crippen LogP contribution in [0.3, 0.4) is 0 Å². The van der Waals surface area contributed by atoms with Gasteiger partial charge in [0.15, 0.2) is 5.88 Å². The lowest BCUT2D eigenvalue weighted by Crippen LogP contribution is -2.45. The second kappa shape index (κ2) is 8.60. The number of aromatic amines is 1. The summed E-state index contributed by atoms with van der Waals surface area (Å²) in [7, 11) is 2.15. The van der Waals surface area contributed by atoms with Gasteiger partial charge in [0, 0.05) is 52.8 Å². The Morgan fingerprint density at radius 3 is 2.81 bits per heavy atom. The number of piperazine rings is 1. The van der Waals surface area contributed by atoms with Crippen LogP contribution >= 0.6 is 22.6 Å². The largest absolute Gasteiger partial charge is 0.494 e. The molecule has 3 aromatic rings. The normalized spacial score (nSPS) is 18.5. The maximum Gasteiger partial charge on any atom is 0.199 e. The van der Waals surface area contributed by atoms with Crippen molar-refractivity contribution in [2.75, 3.05) is 46.4 Å². The first-order valence-electron chi connectivity index (χ1n) is 10.4. The molecule has 3 heterocycles. The van der Waals surface area contributed by atoms with Crippen LogP contribution in [-0.2, 0) is 4.84 Å². The van der Waals surface area contributed by atoms with Gasteiger partial charge < -0.3 is 19.8 Å². The number of nitrogens with one attached hydrogen (secondary N) is 1. The fourth-order valence-electron chi connectivity index (χ4n) is 4.08. The van der Waals surface area contributed by atoms with Gasteiger partial charge in [0.1, 0.15) is 18.0 Å². The van der Waals surface area contributed by atoms with Crippen LogP contribution in [0, 0.1) is 3.57 Å². The smallest absolute Gasteiger partial charge is 0.199 e. The number of aliphatic imine (C=N–C) groups is 1. The molecule has 2 aromatic carbocycles. The van der Waals surface area contributed by atoms with Gasteiger partial charge >= 0.3 is 0 Å². The first-order chi connectivity index (χ1) is 15.1. The Bertz CT molecular complexity index is 1180. The molecule has 1 aromatic heterocycles. The molecule has 2 N–H and O–H groups in total. The number of aromatic nitrogens is 1. The summed E-state index contributed by atoms with van der Waals surface area (Å²) in [5, 5.41) is 16.1. The van der Waals surface area contributed by atoms with Gasteiger partial charge in [-0.25, -0.2) is 4.99 Å². The van der Waals surface area contributed by atoms with Gasteiger partial charge in [0.2, 0.25) is 0 Å². The molecule has 0 bridgehead atoms. The number of nitrogens with zero attached hydrogens (tertiary/aromatic N) is 4. The maximum atomic E-state index is 10.7. The number of halogens is 1. The zero-order valence-corrected chi connectivity index (χ0v) is 19.5. The van der Waals surface area contributed by atoms with E-state index in [1.54, 1.807) is 0 Å². The summed E-state index contributed by atoms with van der Waals surface area (Å²) in [5.74, 6) is 0.0914. The van der Waals surface area contributed by atoms with E-state index in [0.29, 0.717) is 23.6 Å². The molecule has 0 aliphatic carbocycles. The van der Waals surface area contributed by atoms with E-state index in [-0.39, 0.29) is 5.88 Å². The van der Waals surface area contributed by atoms with Crippen LogP contribution in [-0.4, -0.2) is 77.7 Å². The van der Waals surface area contributed by atoms with Crippen LogP contribution in [0.25, 0.3) is 10.9 Å². The number of rotatable bonds is 5. The van der Waals surface area contributed by atoms with Crippen LogP contribution in [0.4, 0.5) is 5.69 Å². The molecule has 5 rings (SSSR count). The van der Waals surface area contributed by atoms with Gasteiger partial charge in [-0.05, 0) is 53.9 Å². The van der Waals surface area contributed by atoms with Gasteiger partial charge in [0.25, 0.3) is 0 Å². The van der Waals surface area contributed by atoms with Crippen molar-refractivity contribution >= 4 is 50.6 Å². The number of likely N-dealkylation sites (N-methyl/N-ethyl adjacent to an activating group) is 1. The highest BCUT2D eigenvalue weighted by atomic mass is 127. The Morgan fingerprint density at radius 2 is 1.97 bits per heavy atom. The summed E-state index contributed by atoms with van der Waals surface area (Å²) in [6, 6.07) is 13.9. The average Bonchev–Trinajstić information content (AvgIpc) is 3.28. The summed E-state index contributed by atoms with van der Waals surface area (Å²) in [4.78, 5) is 18.4. The number of aromatic hydroxyl groups is 1. The van der Waals surface area contributed by atoms with E-state index in [1.165, 1.54) is 0 Å². The number of hydrogen-bond acceptors (Lipinski definition) is 6. The predicted octanol–water partition coefficient (Wildman–Crippen LogP) is 3.58. The van der Waals surface area contributed by atoms with Crippen LogP contribution in [0.15, 0.2) is 52.6 Å². The summed E-state index contributed by atoms with van der Waals surface area (Å²) in [5.41, 5.74) is 4.55. The molecule has 7 nitrogen and oxygen atoms in total. The topological polar surface area (TPSA) is 76.5 Å². The number of benzene rings is 2. The van der Waals surface area contributed by atoms with Crippen LogP contribution in [0.1, 0.15) is 11.1 Å². The Kier molecular flexibility index (Phi) is 5.68. The lowest BCUT2D eigenvalue weighted by molar-refractivity contribution is 0.0864. The third kappa shape index (κ3) is 4.07. The molecule has 0 saturated carbocycles. The van der Waals surface area contributed by atoms with Crippen molar-refractivity contribution in [1.82, 2.24) is 14.8 Å². The van der Waals surface area contributed by atoms with Crippen LogP contribution in [0.2, 0.25) is 0 Å². The molecule has 0 amide bonds. The minimum atomic E-state index is 0.0914. The summed E-state index contributed by atoms with van der Waals surface area (Å²) < 4.78 is 1.09. The minimum Gasteiger partial charge on any atom is -0.494 e. The van der Waals surface area contributed by atoms with E-state index >= 15 is 0 Å². The van der Waals surface area contributed by atoms with Crippen molar-refractivity contribution in [2.24, 2.45) is 10.1 Å². The number of fused-ring (bicyclic) bond motifs is 2. The van der Waals surface area contributed by atoms with Gasteiger partial charge in [-0.1, -0.05) is 23.4 Å². The van der Waals surface area contributed by atoms with Crippen LogP contribution < -0.4 is 0 Å². The fourth-order valence-corrected chi connectivity index (χ4v) is 4.57. The third-order valence-electron chi connectivity index (χ3n) is 5.84. The molecule has 0 atom stereocenters. The molecular formula is C23H24IN5O2. The van der Waals surface area contributed by atoms with Gasteiger partial charge in [-0.3, -0.25) is 4.90 Å². The molecule has 1 fully saturated rings. The lowest BCUT2D eigenvalue weighted by atomic mass is 10.0. The standard InChI is InChI=1S/C23H24IN5O2/c1-28-8-10-29(11-9-28)12-13-31-27-21-16-4-2-3-5-18(16)25-22(21)20-17-14-15(24)6-7-19(17)26-23(20)30/h2-7,14,26,30H,8-13H2,1H3. The highest BCUT2D eigenvalue weighted by Crippen LogP contribution is 2.36. The van der Waals surface area contributed by atoms with Crippen LogP contribution in [0.5, 0.6) is 5.88 Å². The first-order valence-corrected chi connectivity index (χ1v) is 11.5. The lowest BCUT2D eigenvalue weighted by Gasteiger charge is -2.31. The molecule has 31 heavy (non-hydrogen) atoms. The zero-order chi connectivity index (χ0) is 21.4. The monoisotopic (exact) mass is 529 g/mol. The summed E-state index contributed by atoms with van der Waals surface area (Å²) in [6.45, 7) is 5.62. The van der Waals surface area contributed by atoms with E-state index in [2.05, 4.69) is 49.6 Å². The summed E-state index contributed by atoms with van der Waals surface area (Å²) >= 11 is 2.27. The second-order valence-electron chi connectivity index (χ2n) is 7.93. The minimum absolute atomic E-state index is 0.0914. The summed E-state index contributed by atoms with van der Waals surface area (Å²) in [6.07, 6.45) is 0. The van der Waals surface area contributed by atoms with E-state index < -0.39 is 0 Å². The van der Waals surface area contributed by atoms with E-state index in [9.17, 15) is 5.11 Å². The quantitative estimate of drug-likeness (QED) is 0.301. The SMILES string of the molecule is CN1CCN(CCON=C2C(c3c(O)[nH]c4ccc(I)cc34)=Nc3ccccc32)CC1.